The summed E-state index contributed by atoms with van der Waals surface area (Å²) in [6, 6.07) is 19.4. The van der Waals surface area contributed by atoms with Crippen LogP contribution in [0, 0.1) is 0 Å². The van der Waals surface area contributed by atoms with E-state index in [2.05, 4.69) is 0 Å². The molecule has 3 nitrogen and oxygen atoms in total. The molecule has 0 bridgehead atoms. The summed E-state index contributed by atoms with van der Waals surface area (Å²) >= 11 is 0. The van der Waals surface area contributed by atoms with E-state index in [0.717, 1.165) is 11.3 Å². The number of nitrogens with two attached hydrogens (primary N) is 1. The molecule has 98 valence electrons. The highest BCUT2D eigenvalue weighted by Crippen LogP contribution is 2.14. The average molecular weight is 254 g/mol. The Morgan fingerprint density at radius 3 is 2.11 bits per heavy atom. The largest absolute Gasteiger partial charge is 0.329 e. The highest BCUT2D eigenvalue weighted by molar-refractivity contribution is 5.94. The summed E-state index contributed by atoms with van der Waals surface area (Å²) in [6.07, 6.45) is 0.399. The Labute approximate surface area is 113 Å². The fourth-order valence-electron chi connectivity index (χ4n) is 2.00. The second kappa shape index (κ2) is 6.71. The van der Waals surface area contributed by atoms with Crippen molar-refractivity contribution in [1.82, 2.24) is 0 Å². The summed E-state index contributed by atoms with van der Waals surface area (Å²) in [5.74, 6) is 0.0721. The lowest BCUT2D eigenvalue weighted by molar-refractivity contribution is -0.118. The van der Waals surface area contributed by atoms with Gasteiger partial charge in [-0.2, -0.15) is 0 Å². The van der Waals surface area contributed by atoms with Crippen LogP contribution in [0.25, 0.3) is 0 Å². The third-order valence-corrected chi connectivity index (χ3v) is 2.92. The number of para-hydroxylation sites is 1. The number of anilines is 1. The Bertz CT molecular complexity index is 511. The number of carbonyl (C=O) groups excluding carboxylic acids is 1. The van der Waals surface area contributed by atoms with Crippen LogP contribution in [0.4, 0.5) is 5.69 Å². The van der Waals surface area contributed by atoms with E-state index >= 15 is 0 Å². The molecular weight excluding hydrogens is 236 g/mol. The fraction of sp³-hybridized carbons (Fsp3) is 0.188. The first-order valence-corrected chi connectivity index (χ1v) is 6.40. The summed E-state index contributed by atoms with van der Waals surface area (Å²) in [5.41, 5.74) is 7.52. The summed E-state index contributed by atoms with van der Waals surface area (Å²) in [7, 11) is 0. The molecule has 0 spiro atoms. The van der Waals surface area contributed by atoms with E-state index in [1.165, 1.54) is 0 Å². The average Bonchev–Trinajstić information content (AvgIpc) is 2.46. The molecule has 19 heavy (non-hydrogen) atoms. The maximum Gasteiger partial charge on any atom is 0.231 e. The van der Waals surface area contributed by atoms with Gasteiger partial charge in [-0.3, -0.25) is 4.79 Å². The normalized spacial score (nSPS) is 10.2. The Hall–Kier alpha value is -2.13. The van der Waals surface area contributed by atoms with Crippen molar-refractivity contribution in [2.75, 3.05) is 18.0 Å². The number of hydrogen-bond acceptors (Lipinski definition) is 2. The maximum absolute atomic E-state index is 12.4. The quantitative estimate of drug-likeness (QED) is 0.889. The molecule has 0 saturated heterocycles. The molecular formula is C16H18N2O. The van der Waals surface area contributed by atoms with Crippen LogP contribution >= 0.6 is 0 Å². The molecule has 0 aliphatic heterocycles. The Kier molecular flexibility index (Phi) is 4.70. The molecule has 2 aromatic rings. The maximum atomic E-state index is 12.4. The second-order valence-corrected chi connectivity index (χ2v) is 4.33. The summed E-state index contributed by atoms with van der Waals surface area (Å²) in [5, 5.41) is 0. The van der Waals surface area contributed by atoms with Gasteiger partial charge in [-0.25, -0.2) is 0 Å². The minimum atomic E-state index is 0.0721. The zero-order valence-corrected chi connectivity index (χ0v) is 10.8. The molecule has 2 rings (SSSR count). The van der Waals surface area contributed by atoms with Crippen LogP contribution in [0.1, 0.15) is 5.56 Å². The van der Waals surface area contributed by atoms with Gasteiger partial charge in [0.15, 0.2) is 0 Å². The van der Waals surface area contributed by atoms with Crippen molar-refractivity contribution in [2.24, 2.45) is 5.73 Å². The van der Waals surface area contributed by atoms with Crippen LogP contribution in [-0.4, -0.2) is 19.0 Å². The van der Waals surface area contributed by atoms with Gasteiger partial charge in [-0.05, 0) is 17.7 Å². The summed E-state index contributed by atoms with van der Waals surface area (Å²) in [4.78, 5) is 14.1. The van der Waals surface area contributed by atoms with Crippen molar-refractivity contribution in [3.05, 3.63) is 66.2 Å². The number of benzene rings is 2. The van der Waals surface area contributed by atoms with E-state index in [0.29, 0.717) is 19.5 Å². The molecule has 1 amide bonds. The summed E-state index contributed by atoms with van der Waals surface area (Å²) in [6.45, 7) is 0.991. The zero-order chi connectivity index (χ0) is 13.5. The van der Waals surface area contributed by atoms with Crippen LogP contribution in [0.5, 0.6) is 0 Å². The number of amides is 1. The highest BCUT2D eigenvalue weighted by atomic mass is 16.2. The molecule has 2 aromatic carbocycles. The van der Waals surface area contributed by atoms with Crippen LogP contribution in [0.15, 0.2) is 60.7 Å². The first-order chi connectivity index (χ1) is 9.31. The van der Waals surface area contributed by atoms with Gasteiger partial charge in [0, 0.05) is 18.8 Å². The van der Waals surface area contributed by atoms with Crippen molar-refractivity contribution in [3.63, 3.8) is 0 Å². The van der Waals surface area contributed by atoms with Gasteiger partial charge in [-0.1, -0.05) is 48.5 Å². The fourth-order valence-corrected chi connectivity index (χ4v) is 2.00. The molecule has 0 aliphatic carbocycles. The predicted molar refractivity (Wildman–Crippen MR) is 78.0 cm³/mol. The Morgan fingerprint density at radius 1 is 0.947 bits per heavy atom. The van der Waals surface area contributed by atoms with Crippen LogP contribution in [0.3, 0.4) is 0 Å². The van der Waals surface area contributed by atoms with E-state index in [1.807, 2.05) is 60.7 Å². The van der Waals surface area contributed by atoms with Gasteiger partial charge < -0.3 is 10.6 Å². The molecule has 0 unspecified atom stereocenters. The van der Waals surface area contributed by atoms with Gasteiger partial charge in [0.25, 0.3) is 0 Å². The monoisotopic (exact) mass is 254 g/mol. The van der Waals surface area contributed by atoms with Crippen molar-refractivity contribution in [1.29, 1.82) is 0 Å². The SMILES string of the molecule is NCCN(C(=O)Cc1ccccc1)c1ccccc1. The Balaban J connectivity index is 2.13. The van der Waals surface area contributed by atoms with Crippen LogP contribution in [0.2, 0.25) is 0 Å². The van der Waals surface area contributed by atoms with E-state index in [9.17, 15) is 4.79 Å². The third kappa shape index (κ3) is 3.66. The smallest absolute Gasteiger partial charge is 0.231 e. The third-order valence-electron chi connectivity index (χ3n) is 2.92. The summed E-state index contributed by atoms with van der Waals surface area (Å²) < 4.78 is 0. The molecule has 0 saturated carbocycles. The first kappa shape index (κ1) is 13.3. The topological polar surface area (TPSA) is 46.3 Å². The number of nitrogens with zero attached hydrogens (tertiary/aromatic N) is 1. The van der Waals surface area contributed by atoms with E-state index < -0.39 is 0 Å². The Morgan fingerprint density at radius 2 is 1.53 bits per heavy atom. The van der Waals surface area contributed by atoms with E-state index in [4.69, 9.17) is 5.73 Å². The number of rotatable bonds is 5. The number of hydrogen-bond donors (Lipinski definition) is 1. The molecule has 2 N–H and O–H groups in total. The highest BCUT2D eigenvalue weighted by Gasteiger charge is 2.14. The van der Waals surface area contributed by atoms with Gasteiger partial charge in [0.1, 0.15) is 0 Å². The van der Waals surface area contributed by atoms with E-state index in [-0.39, 0.29) is 5.91 Å². The molecule has 0 radical (unpaired) electrons. The van der Waals surface area contributed by atoms with Crippen molar-refractivity contribution in [2.45, 2.75) is 6.42 Å². The van der Waals surface area contributed by atoms with Crippen molar-refractivity contribution in [3.8, 4) is 0 Å². The molecule has 0 fully saturated rings. The van der Waals surface area contributed by atoms with Crippen molar-refractivity contribution < 1.29 is 4.79 Å². The second-order valence-electron chi connectivity index (χ2n) is 4.33. The predicted octanol–water partition coefficient (Wildman–Crippen LogP) is 2.22. The zero-order valence-electron chi connectivity index (χ0n) is 10.8. The van der Waals surface area contributed by atoms with Crippen molar-refractivity contribution >= 4 is 11.6 Å². The lowest BCUT2D eigenvalue weighted by Gasteiger charge is -2.22. The van der Waals surface area contributed by atoms with Crippen LogP contribution < -0.4 is 10.6 Å². The van der Waals surface area contributed by atoms with Gasteiger partial charge in [0.05, 0.1) is 6.42 Å². The van der Waals surface area contributed by atoms with Gasteiger partial charge >= 0.3 is 0 Å². The van der Waals surface area contributed by atoms with Gasteiger partial charge in [-0.15, -0.1) is 0 Å². The van der Waals surface area contributed by atoms with Gasteiger partial charge in [0.2, 0.25) is 5.91 Å². The minimum absolute atomic E-state index is 0.0721. The van der Waals surface area contributed by atoms with Crippen LogP contribution in [-0.2, 0) is 11.2 Å². The first-order valence-electron chi connectivity index (χ1n) is 6.40. The minimum Gasteiger partial charge on any atom is -0.329 e. The standard InChI is InChI=1S/C16H18N2O/c17-11-12-18(15-9-5-2-6-10-15)16(19)13-14-7-3-1-4-8-14/h1-10H,11-13,17H2. The molecule has 0 aromatic heterocycles. The van der Waals surface area contributed by atoms with E-state index in [1.54, 1.807) is 4.90 Å². The number of carbonyl (C=O) groups is 1. The molecule has 0 atom stereocenters. The lowest BCUT2D eigenvalue weighted by Crippen LogP contribution is -2.36. The molecule has 3 heteroatoms. The molecule has 0 aliphatic rings. The molecule has 0 heterocycles. The lowest BCUT2D eigenvalue weighted by atomic mass is 10.1.